The largest absolute Gasteiger partial charge is 0.310 e. The zero-order valence-corrected chi connectivity index (χ0v) is 6.15. The van der Waals surface area contributed by atoms with Gasteiger partial charge in [-0.15, -0.1) is 0 Å². The van der Waals surface area contributed by atoms with E-state index < -0.39 is 0 Å². The number of nitrogens with zero attached hydrogens (tertiary/aromatic N) is 1. The highest BCUT2D eigenvalue weighted by molar-refractivity contribution is 5.14. The Bertz CT molecular complexity index is 388. The topological polar surface area (TPSA) is 24.9 Å². The van der Waals surface area contributed by atoms with Crippen molar-refractivity contribution in [3.63, 3.8) is 0 Å². The second-order valence-electron chi connectivity index (χ2n) is 2.65. The Morgan fingerprint density at radius 1 is 1.73 bits per heavy atom. The third kappa shape index (κ3) is 1.40. The zero-order valence-electron chi connectivity index (χ0n) is 10.1. The van der Waals surface area contributed by atoms with Gasteiger partial charge in [-0.1, -0.05) is 6.04 Å². The molecule has 0 bridgehead atoms. The van der Waals surface area contributed by atoms with Crippen molar-refractivity contribution in [1.82, 2.24) is 10.3 Å². The molecule has 1 atom stereocenters. The van der Waals surface area contributed by atoms with Crippen LogP contribution in [0.25, 0.3) is 0 Å². The Labute approximate surface area is 72.3 Å². The molecule has 0 aliphatic carbocycles. The molecule has 1 saturated heterocycles. The molecule has 0 unspecified atom stereocenters. The molecule has 1 N–H and O–H groups in total. The summed E-state index contributed by atoms with van der Waals surface area (Å²) in [6, 6.07) is -0.253. The molecule has 2 heteroatoms. The summed E-state index contributed by atoms with van der Waals surface area (Å²) in [4.78, 5) is 3.66. The Morgan fingerprint density at radius 3 is 3.55 bits per heavy atom. The normalized spacial score (nSPS) is 28.9. The summed E-state index contributed by atoms with van der Waals surface area (Å²) in [6.07, 6.45) is 1.56. The van der Waals surface area contributed by atoms with Gasteiger partial charge in [-0.05, 0) is 31.0 Å². The molecule has 1 aromatic rings. The van der Waals surface area contributed by atoms with Crippen molar-refractivity contribution in [3.8, 4) is 0 Å². The van der Waals surface area contributed by atoms with Crippen LogP contribution >= 0.6 is 0 Å². The lowest BCUT2D eigenvalue weighted by Crippen LogP contribution is -2.12. The van der Waals surface area contributed by atoms with Crippen LogP contribution in [0.1, 0.15) is 29.9 Å². The predicted molar refractivity (Wildman–Crippen MR) is 44.2 cm³/mol. The molecule has 0 aromatic carbocycles. The van der Waals surface area contributed by atoms with Gasteiger partial charge in [-0.2, -0.15) is 0 Å². The Balaban J connectivity index is 2.50. The molecule has 2 nitrogen and oxygen atoms in total. The van der Waals surface area contributed by atoms with E-state index in [0.717, 1.165) is 19.4 Å². The fraction of sp³-hybridized carbons (Fsp3) is 0.444. The molecule has 0 saturated carbocycles. The maximum absolute atomic E-state index is 7.73. The first-order valence-corrected chi connectivity index (χ1v) is 3.79. The van der Waals surface area contributed by atoms with Crippen molar-refractivity contribution in [1.29, 1.82) is 0 Å². The molecule has 0 radical (unpaired) electrons. The SMILES string of the molecule is [2H]c1nc([2H])c([C@@H]2CCCN2)c([2H])c1[2H]. The molecule has 2 rings (SSSR count). The fourth-order valence-electron chi connectivity index (χ4n) is 1.34. The minimum atomic E-state index is -0.285. The van der Waals surface area contributed by atoms with Gasteiger partial charge in [-0.25, -0.2) is 0 Å². The van der Waals surface area contributed by atoms with E-state index in [-0.39, 0.29) is 30.5 Å². The highest BCUT2D eigenvalue weighted by Crippen LogP contribution is 2.21. The van der Waals surface area contributed by atoms with E-state index in [1.54, 1.807) is 0 Å². The summed E-state index contributed by atoms with van der Waals surface area (Å²) >= 11 is 0. The molecule has 0 amide bonds. The Hall–Kier alpha value is -0.890. The van der Waals surface area contributed by atoms with Crippen LogP contribution in [-0.4, -0.2) is 11.5 Å². The molecule has 0 spiro atoms. The van der Waals surface area contributed by atoms with E-state index in [2.05, 4.69) is 10.3 Å². The summed E-state index contributed by atoms with van der Waals surface area (Å²) in [5.74, 6) is 0. The fourth-order valence-corrected chi connectivity index (χ4v) is 1.34. The molecule has 58 valence electrons. The quantitative estimate of drug-likeness (QED) is 0.659. The summed E-state index contributed by atoms with van der Waals surface area (Å²) < 4.78 is 30.2. The van der Waals surface area contributed by atoms with Gasteiger partial charge in [0.05, 0.1) is 5.48 Å². The summed E-state index contributed by atoms with van der Waals surface area (Å²) in [5, 5.41) is 3.18. The van der Waals surface area contributed by atoms with Crippen LogP contribution in [0.15, 0.2) is 24.4 Å². The molecular weight excluding hydrogens is 136 g/mol. The number of nitrogens with one attached hydrogen (secondary N) is 1. The predicted octanol–water partition coefficient (Wildman–Crippen LogP) is 1.51. The van der Waals surface area contributed by atoms with Crippen LogP contribution in [0, 0.1) is 0 Å². The number of rotatable bonds is 1. The molecular formula is C9H12N2. The van der Waals surface area contributed by atoms with Crippen LogP contribution < -0.4 is 5.32 Å². The van der Waals surface area contributed by atoms with Gasteiger partial charge in [0, 0.05) is 18.4 Å². The monoisotopic (exact) mass is 152 g/mol. The number of hydrogen-bond donors (Lipinski definition) is 1. The van der Waals surface area contributed by atoms with Crippen LogP contribution in [0.5, 0.6) is 0 Å². The lowest BCUT2D eigenvalue weighted by atomic mass is 10.1. The summed E-state index contributed by atoms with van der Waals surface area (Å²) in [5.41, 5.74) is 0.466. The standard InChI is InChI=1S/C9H12N2/c1-3-8(7-10-5-1)9-4-2-6-11-9/h1,3,5,7,9,11H,2,4,6H2/t9-/m0/s1/i1D,3D,5D,7D. The average Bonchev–Trinajstić information content (AvgIpc) is 2.68. The smallest absolute Gasteiger partial charge is 0.0843 e. The Morgan fingerprint density at radius 2 is 2.73 bits per heavy atom. The van der Waals surface area contributed by atoms with E-state index in [1.165, 1.54) is 0 Å². The van der Waals surface area contributed by atoms with Gasteiger partial charge in [-0.3, -0.25) is 4.98 Å². The lowest BCUT2D eigenvalue weighted by molar-refractivity contribution is 0.645. The molecule has 2 heterocycles. The minimum absolute atomic E-state index is 0.0283. The van der Waals surface area contributed by atoms with Crippen molar-refractivity contribution >= 4 is 0 Å². The first-order valence-electron chi connectivity index (χ1n) is 5.79. The van der Waals surface area contributed by atoms with Crippen LogP contribution in [0.4, 0.5) is 0 Å². The third-order valence-electron chi connectivity index (χ3n) is 1.89. The second kappa shape index (κ2) is 3.01. The summed E-state index contributed by atoms with van der Waals surface area (Å²) in [6.45, 7) is 0.875. The number of aromatic nitrogens is 1. The van der Waals surface area contributed by atoms with Crippen molar-refractivity contribution < 1.29 is 5.48 Å². The van der Waals surface area contributed by atoms with E-state index in [1.807, 2.05) is 0 Å². The molecule has 1 aliphatic heterocycles. The highest BCUT2D eigenvalue weighted by Gasteiger charge is 2.15. The van der Waals surface area contributed by atoms with E-state index in [4.69, 9.17) is 5.48 Å². The van der Waals surface area contributed by atoms with Crippen LogP contribution in [0.3, 0.4) is 0 Å². The first-order chi connectivity index (χ1) is 7.11. The number of pyridine rings is 1. The molecule has 1 aliphatic rings. The van der Waals surface area contributed by atoms with Gasteiger partial charge in [0.1, 0.15) is 0 Å². The van der Waals surface area contributed by atoms with Gasteiger partial charge < -0.3 is 5.32 Å². The minimum Gasteiger partial charge on any atom is -0.310 e. The summed E-state index contributed by atoms with van der Waals surface area (Å²) in [7, 11) is 0. The van der Waals surface area contributed by atoms with Crippen molar-refractivity contribution in [3.05, 3.63) is 30.0 Å². The maximum atomic E-state index is 7.73. The maximum Gasteiger partial charge on any atom is 0.0843 e. The first kappa shape index (κ1) is 3.68. The van der Waals surface area contributed by atoms with E-state index >= 15 is 0 Å². The zero-order chi connectivity index (χ0) is 11.0. The molecule has 11 heavy (non-hydrogen) atoms. The molecule has 1 fully saturated rings. The van der Waals surface area contributed by atoms with Crippen LogP contribution in [0.2, 0.25) is 0 Å². The van der Waals surface area contributed by atoms with Gasteiger partial charge in [0.15, 0.2) is 0 Å². The highest BCUT2D eigenvalue weighted by atomic mass is 14.9. The third-order valence-corrected chi connectivity index (χ3v) is 1.89. The van der Waals surface area contributed by atoms with E-state index in [0.29, 0.717) is 5.56 Å². The lowest BCUT2D eigenvalue weighted by Gasteiger charge is -2.08. The van der Waals surface area contributed by atoms with Gasteiger partial charge >= 0.3 is 0 Å². The average molecular weight is 152 g/mol. The van der Waals surface area contributed by atoms with Crippen molar-refractivity contribution in [2.75, 3.05) is 6.54 Å². The van der Waals surface area contributed by atoms with Crippen molar-refractivity contribution in [2.45, 2.75) is 18.9 Å². The van der Waals surface area contributed by atoms with Gasteiger partial charge in [0.2, 0.25) is 0 Å². The Kier molecular flexibility index (Phi) is 1.01. The second-order valence-corrected chi connectivity index (χ2v) is 2.65. The number of hydrogen-bond acceptors (Lipinski definition) is 2. The van der Waals surface area contributed by atoms with Crippen molar-refractivity contribution in [2.24, 2.45) is 0 Å². The molecule has 1 aromatic heterocycles. The van der Waals surface area contributed by atoms with Crippen LogP contribution in [-0.2, 0) is 0 Å². The van der Waals surface area contributed by atoms with E-state index in [9.17, 15) is 0 Å². The van der Waals surface area contributed by atoms with Gasteiger partial charge in [0.25, 0.3) is 0 Å².